The summed E-state index contributed by atoms with van der Waals surface area (Å²) < 4.78 is 0.901. The molecule has 1 saturated heterocycles. The molecule has 1 unspecified atom stereocenters. The van der Waals surface area contributed by atoms with Crippen molar-refractivity contribution in [2.24, 2.45) is 0 Å². The predicted octanol–water partition coefficient (Wildman–Crippen LogP) is 6.82. The summed E-state index contributed by atoms with van der Waals surface area (Å²) >= 11 is 9.45. The molecule has 0 aliphatic carbocycles. The zero-order valence-corrected chi connectivity index (χ0v) is 22.8. The highest BCUT2D eigenvalue weighted by Crippen LogP contribution is 2.39. The van der Waals surface area contributed by atoms with E-state index in [2.05, 4.69) is 34.7 Å². The van der Waals surface area contributed by atoms with Crippen molar-refractivity contribution in [2.75, 3.05) is 26.2 Å². The monoisotopic (exact) mass is 560 g/mol. The van der Waals surface area contributed by atoms with Crippen LogP contribution in [0, 0.1) is 0 Å². The number of hydrogen-bond acceptors (Lipinski definition) is 4. The molecule has 0 bridgehead atoms. The summed E-state index contributed by atoms with van der Waals surface area (Å²) in [5, 5.41) is 11.7. The van der Waals surface area contributed by atoms with Crippen molar-refractivity contribution in [1.82, 2.24) is 9.80 Å². The van der Waals surface area contributed by atoms with Gasteiger partial charge in [-0.15, -0.1) is 0 Å². The van der Waals surface area contributed by atoms with E-state index in [1.807, 2.05) is 24.3 Å². The number of nitrogens with zero attached hydrogens (tertiary/aromatic N) is 2. The highest BCUT2D eigenvalue weighted by molar-refractivity contribution is 9.10. The van der Waals surface area contributed by atoms with Gasteiger partial charge in [-0.3, -0.25) is 9.59 Å². The molecule has 5 nitrogen and oxygen atoms in total. The summed E-state index contributed by atoms with van der Waals surface area (Å²) in [7, 11) is 0. The fourth-order valence-electron chi connectivity index (χ4n) is 4.43. The third-order valence-electron chi connectivity index (χ3n) is 6.37. The van der Waals surface area contributed by atoms with E-state index < -0.39 is 17.7 Å². The number of hydrogen-bond donors (Lipinski definition) is 1. The van der Waals surface area contributed by atoms with Crippen LogP contribution < -0.4 is 0 Å². The van der Waals surface area contributed by atoms with Crippen LogP contribution in [0.15, 0.2) is 58.6 Å². The second-order valence-electron chi connectivity index (χ2n) is 8.95. The number of carbonyl (C=O) groups excluding carboxylic acids is 2. The van der Waals surface area contributed by atoms with Crippen LogP contribution in [0.5, 0.6) is 0 Å². The molecule has 0 saturated carbocycles. The number of halogens is 2. The Morgan fingerprint density at radius 1 is 0.943 bits per heavy atom. The van der Waals surface area contributed by atoms with Crippen molar-refractivity contribution in [3.8, 4) is 0 Å². The van der Waals surface area contributed by atoms with Gasteiger partial charge < -0.3 is 14.9 Å². The molecule has 1 atom stereocenters. The molecule has 2 aromatic rings. The quantitative estimate of drug-likeness (QED) is 0.176. The highest BCUT2D eigenvalue weighted by Gasteiger charge is 2.45. The van der Waals surface area contributed by atoms with Crippen molar-refractivity contribution >= 4 is 45.0 Å². The lowest BCUT2D eigenvalue weighted by molar-refractivity contribution is -0.140. The summed E-state index contributed by atoms with van der Waals surface area (Å²) in [6, 6.07) is 13.5. The number of amides is 1. The Balaban J connectivity index is 1.90. The lowest BCUT2D eigenvalue weighted by Gasteiger charge is -2.27. The Morgan fingerprint density at radius 3 is 2.09 bits per heavy atom. The van der Waals surface area contributed by atoms with E-state index in [4.69, 9.17) is 11.6 Å². The third-order valence-corrected chi connectivity index (χ3v) is 7.15. The van der Waals surface area contributed by atoms with Gasteiger partial charge >= 0.3 is 0 Å². The van der Waals surface area contributed by atoms with Gasteiger partial charge in [-0.05, 0) is 80.9 Å². The number of benzene rings is 2. The van der Waals surface area contributed by atoms with Gasteiger partial charge in [0.25, 0.3) is 11.7 Å². The van der Waals surface area contributed by atoms with Gasteiger partial charge in [-0.1, -0.05) is 66.4 Å². The fourth-order valence-corrected chi connectivity index (χ4v) is 4.82. The van der Waals surface area contributed by atoms with Crippen molar-refractivity contribution in [2.45, 2.75) is 52.0 Å². The molecule has 7 heteroatoms. The van der Waals surface area contributed by atoms with Crippen LogP contribution in [-0.2, 0) is 9.59 Å². The summed E-state index contributed by atoms with van der Waals surface area (Å²) in [6.07, 6.45) is 5.34. The first-order valence-electron chi connectivity index (χ1n) is 12.4. The minimum absolute atomic E-state index is 0.119. The molecule has 188 valence electrons. The molecule has 1 N–H and O–H groups in total. The normalized spacial score (nSPS) is 17.5. The molecule has 1 aliphatic heterocycles. The molecule has 2 aromatic carbocycles. The van der Waals surface area contributed by atoms with E-state index in [-0.39, 0.29) is 11.3 Å². The summed E-state index contributed by atoms with van der Waals surface area (Å²) in [5.41, 5.74) is 1.37. The van der Waals surface area contributed by atoms with E-state index in [0.717, 1.165) is 61.8 Å². The topological polar surface area (TPSA) is 60.9 Å². The molecular formula is C28H34BrClN2O3. The number of aliphatic hydroxyl groups is 1. The van der Waals surface area contributed by atoms with Gasteiger partial charge in [-0.25, -0.2) is 0 Å². The standard InChI is InChI=1S/C28H34BrClN2O3/c1-3-5-16-31(17-6-4-2)18-7-19-32-25(20-8-12-22(29)13-9-20)24(27(34)28(32)35)26(33)21-10-14-23(30)15-11-21/h8-15,25,33H,3-7,16-19H2,1-2H3/b26-24-. The second-order valence-corrected chi connectivity index (χ2v) is 10.3. The molecule has 35 heavy (non-hydrogen) atoms. The van der Waals surface area contributed by atoms with Crippen LogP contribution >= 0.6 is 27.5 Å². The van der Waals surface area contributed by atoms with E-state index in [1.54, 1.807) is 29.2 Å². The average Bonchev–Trinajstić information content (AvgIpc) is 3.10. The van der Waals surface area contributed by atoms with Crippen LogP contribution in [0.1, 0.15) is 63.1 Å². The van der Waals surface area contributed by atoms with Crippen LogP contribution in [0.3, 0.4) is 0 Å². The molecule has 3 rings (SSSR count). The first-order valence-corrected chi connectivity index (χ1v) is 13.6. The lowest BCUT2D eigenvalue weighted by Crippen LogP contribution is -2.34. The number of Topliss-reactive ketones (excluding diaryl/α,β-unsaturated/α-hetero) is 1. The summed E-state index contributed by atoms with van der Waals surface area (Å²) in [5.74, 6) is -1.40. The molecule has 1 fully saturated rings. The van der Waals surface area contributed by atoms with Crippen LogP contribution in [0.2, 0.25) is 5.02 Å². The van der Waals surface area contributed by atoms with E-state index in [0.29, 0.717) is 17.1 Å². The predicted molar refractivity (Wildman–Crippen MR) is 145 cm³/mol. The Bertz CT molecular complexity index is 1030. The van der Waals surface area contributed by atoms with Crippen molar-refractivity contribution in [3.05, 3.63) is 74.7 Å². The number of likely N-dealkylation sites (tertiary alicyclic amines) is 1. The number of ketones is 1. The molecule has 0 radical (unpaired) electrons. The zero-order chi connectivity index (χ0) is 25.4. The number of carbonyl (C=O) groups is 2. The lowest BCUT2D eigenvalue weighted by atomic mass is 9.95. The van der Waals surface area contributed by atoms with Gasteiger partial charge in [0.1, 0.15) is 5.76 Å². The van der Waals surface area contributed by atoms with E-state index in [9.17, 15) is 14.7 Å². The maximum atomic E-state index is 13.2. The Hall–Kier alpha value is -2.15. The summed E-state index contributed by atoms with van der Waals surface area (Å²) in [4.78, 5) is 30.4. The molecule has 1 amide bonds. The third kappa shape index (κ3) is 6.96. The largest absolute Gasteiger partial charge is 0.507 e. The van der Waals surface area contributed by atoms with Gasteiger partial charge in [0.2, 0.25) is 0 Å². The maximum absolute atomic E-state index is 13.2. The first kappa shape index (κ1) is 27.4. The minimum atomic E-state index is -0.654. The zero-order valence-electron chi connectivity index (χ0n) is 20.5. The Labute approximate surface area is 221 Å². The fraction of sp³-hybridized carbons (Fsp3) is 0.429. The second kappa shape index (κ2) is 13.2. The van der Waals surface area contributed by atoms with E-state index in [1.165, 1.54) is 0 Å². The average molecular weight is 562 g/mol. The van der Waals surface area contributed by atoms with Crippen LogP contribution in [-0.4, -0.2) is 52.8 Å². The van der Waals surface area contributed by atoms with Gasteiger partial charge in [0.15, 0.2) is 0 Å². The molecular weight excluding hydrogens is 528 g/mol. The van der Waals surface area contributed by atoms with Crippen molar-refractivity contribution < 1.29 is 14.7 Å². The molecule has 0 spiro atoms. The maximum Gasteiger partial charge on any atom is 0.295 e. The Morgan fingerprint density at radius 2 is 1.51 bits per heavy atom. The SMILES string of the molecule is CCCCN(CCCC)CCCN1C(=O)C(=O)/C(=C(\O)c2ccc(Cl)cc2)C1c1ccc(Br)cc1. The van der Waals surface area contributed by atoms with Crippen molar-refractivity contribution in [1.29, 1.82) is 0 Å². The minimum Gasteiger partial charge on any atom is -0.507 e. The number of aliphatic hydroxyl groups excluding tert-OH is 1. The van der Waals surface area contributed by atoms with Gasteiger partial charge in [0.05, 0.1) is 11.6 Å². The van der Waals surface area contributed by atoms with Crippen molar-refractivity contribution in [3.63, 3.8) is 0 Å². The van der Waals surface area contributed by atoms with Gasteiger partial charge in [-0.2, -0.15) is 0 Å². The van der Waals surface area contributed by atoms with Crippen LogP contribution in [0.25, 0.3) is 5.76 Å². The number of rotatable bonds is 12. The molecule has 1 aliphatic rings. The smallest absolute Gasteiger partial charge is 0.295 e. The first-order chi connectivity index (χ1) is 16.9. The molecule has 0 aromatic heterocycles. The van der Waals surface area contributed by atoms with Gasteiger partial charge in [0, 0.05) is 21.6 Å². The molecule has 1 heterocycles. The van der Waals surface area contributed by atoms with Crippen LogP contribution in [0.4, 0.5) is 0 Å². The Kier molecular flexibility index (Phi) is 10.4. The number of unbranched alkanes of at least 4 members (excludes halogenated alkanes) is 2. The van der Waals surface area contributed by atoms with E-state index >= 15 is 0 Å². The highest BCUT2D eigenvalue weighted by atomic mass is 79.9. The summed E-state index contributed by atoms with van der Waals surface area (Å²) in [6.45, 7) is 7.78.